The molecule has 0 aliphatic carbocycles. The van der Waals surface area contributed by atoms with E-state index in [-0.39, 0.29) is 11.9 Å². The lowest BCUT2D eigenvalue weighted by Gasteiger charge is -2.01. The summed E-state index contributed by atoms with van der Waals surface area (Å²) in [5, 5.41) is 12.4. The first-order chi connectivity index (χ1) is 11.1. The molecule has 2 aromatic heterocycles. The maximum absolute atomic E-state index is 11.9. The van der Waals surface area contributed by atoms with Crippen molar-refractivity contribution in [1.82, 2.24) is 10.2 Å². The van der Waals surface area contributed by atoms with Crippen LogP contribution in [0.2, 0.25) is 0 Å². The third-order valence-electron chi connectivity index (χ3n) is 3.22. The minimum absolute atomic E-state index is 0.0849. The number of benzene rings is 1. The summed E-state index contributed by atoms with van der Waals surface area (Å²) in [6.07, 6.45) is 3.18. The van der Waals surface area contributed by atoms with Crippen molar-refractivity contribution in [3.8, 4) is 11.5 Å². The minimum atomic E-state index is -0.311. The smallest absolute Gasteiger partial charge is 0.322 e. The highest BCUT2D eigenvalue weighted by atomic mass is 32.1. The van der Waals surface area contributed by atoms with E-state index in [2.05, 4.69) is 15.5 Å². The van der Waals surface area contributed by atoms with Crippen LogP contribution in [-0.2, 0) is 4.79 Å². The highest BCUT2D eigenvalue weighted by Gasteiger charge is 2.12. The number of anilines is 1. The lowest BCUT2D eigenvalue weighted by atomic mass is 10.1. The van der Waals surface area contributed by atoms with Crippen LogP contribution >= 0.6 is 11.3 Å². The highest BCUT2D eigenvalue weighted by molar-refractivity contribution is 7.10. The molecule has 2 heterocycles. The largest absolute Gasteiger partial charge is 0.403 e. The third-order valence-corrected chi connectivity index (χ3v) is 4.06. The number of hydrogen-bond acceptors (Lipinski definition) is 5. The topological polar surface area (TPSA) is 68.0 Å². The van der Waals surface area contributed by atoms with E-state index in [9.17, 15) is 4.79 Å². The number of nitrogens with one attached hydrogen (secondary N) is 1. The molecule has 0 bridgehead atoms. The Bertz CT molecular complexity index is 851. The van der Waals surface area contributed by atoms with Crippen molar-refractivity contribution in [2.75, 3.05) is 5.32 Å². The van der Waals surface area contributed by atoms with Gasteiger partial charge in [0.05, 0.1) is 0 Å². The van der Waals surface area contributed by atoms with E-state index in [0.29, 0.717) is 5.89 Å². The van der Waals surface area contributed by atoms with Crippen LogP contribution in [0.25, 0.3) is 17.5 Å². The molecule has 0 aliphatic heterocycles. The SMILES string of the molecule is Cc1ccc(C)c(-c2nnc(NC(=O)C=Cc3cccs3)o2)c1. The zero-order valence-electron chi connectivity index (χ0n) is 12.7. The fourth-order valence-corrected chi connectivity index (χ4v) is 2.66. The van der Waals surface area contributed by atoms with Gasteiger partial charge in [-0.3, -0.25) is 10.1 Å². The van der Waals surface area contributed by atoms with Crippen LogP contribution in [-0.4, -0.2) is 16.1 Å². The van der Waals surface area contributed by atoms with Crippen molar-refractivity contribution in [1.29, 1.82) is 0 Å². The van der Waals surface area contributed by atoms with E-state index < -0.39 is 0 Å². The maximum atomic E-state index is 11.9. The lowest BCUT2D eigenvalue weighted by molar-refractivity contribution is -0.112. The van der Waals surface area contributed by atoms with E-state index in [1.54, 1.807) is 17.4 Å². The molecular weight excluding hydrogens is 310 g/mol. The average Bonchev–Trinajstić information content (AvgIpc) is 3.19. The van der Waals surface area contributed by atoms with Gasteiger partial charge in [0.25, 0.3) is 5.91 Å². The number of carbonyl (C=O) groups is 1. The molecule has 0 saturated heterocycles. The molecule has 0 aliphatic rings. The summed E-state index contributed by atoms with van der Waals surface area (Å²) in [6.45, 7) is 3.97. The molecule has 0 unspecified atom stereocenters. The van der Waals surface area contributed by atoms with Crippen molar-refractivity contribution >= 4 is 29.3 Å². The van der Waals surface area contributed by atoms with E-state index in [1.807, 2.05) is 49.6 Å². The molecule has 1 aromatic carbocycles. The highest BCUT2D eigenvalue weighted by Crippen LogP contribution is 2.24. The Hall–Kier alpha value is -2.73. The van der Waals surface area contributed by atoms with Crippen LogP contribution in [0.1, 0.15) is 16.0 Å². The van der Waals surface area contributed by atoms with E-state index >= 15 is 0 Å². The molecule has 0 radical (unpaired) electrons. The fourth-order valence-electron chi connectivity index (χ4n) is 2.04. The fraction of sp³-hybridized carbons (Fsp3) is 0.118. The van der Waals surface area contributed by atoms with Gasteiger partial charge in [-0.05, 0) is 43.0 Å². The van der Waals surface area contributed by atoms with Crippen LogP contribution in [0, 0.1) is 13.8 Å². The van der Waals surface area contributed by atoms with Crippen LogP contribution < -0.4 is 5.32 Å². The summed E-state index contributed by atoms with van der Waals surface area (Å²) in [4.78, 5) is 12.9. The molecular formula is C17H15N3O2S. The Balaban J connectivity index is 1.72. The van der Waals surface area contributed by atoms with Gasteiger partial charge in [0.2, 0.25) is 5.89 Å². The third kappa shape index (κ3) is 3.73. The summed E-state index contributed by atoms with van der Waals surface area (Å²) in [6, 6.07) is 9.94. The second kappa shape index (κ2) is 6.58. The monoisotopic (exact) mass is 325 g/mol. The number of hydrogen-bond donors (Lipinski definition) is 1. The Morgan fingerprint density at radius 3 is 2.91 bits per heavy atom. The number of thiophene rings is 1. The summed E-state index contributed by atoms with van der Waals surface area (Å²) in [7, 11) is 0. The Morgan fingerprint density at radius 2 is 2.13 bits per heavy atom. The number of carbonyl (C=O) groups excluding carboxylic acids is 1. The summed E-state index contributed by atoms with van der Waals surface area (Å²) >= 11 is 1.56. The lowest BCUT2D eigenvalue weighted by Crippen LogP contribution is -2.07. The van der Waals surface area contributed by atoms with Crippen molar-refractivity contribution in [2.24, 2.45) is 0 Å². The van der Waals surface area contributed by atoms with E-state index in [4.69, 9.17) is 4.42 Å². The molecule has 116 valence electrons. The Morgan fingerprint density at radius 1 is 1.26 bits per heavy atom. The predicted molar refractivity (Wildman–Crippen MR) is 91.2 cm³/mol. The van der Waals surface area contributed by atoms with Gasteiger partial charge < -0.3 is 4.42 Å². The van der Waals surface area contributed by atoms with Gasteiger partial charge in [0.1, 0.15) is 0 Å². The van der Waals surface area contributed by atoms with Gasteiger partial charge in [0, 0.05) is 16.5 Å². The molecule has 0 fully saturated rings. The normalized spacial score (nSPS) is 11.0. The number of aryl methyl sites for hydroxylation is 2. The first kappa shape index (κ1) is 15.2. The van der Waals surface area contributed by atoms with Gasteiger partial charge in [-0.2, -0.15) is 0 Å². The second-order valence-electron chi connectivity index (χ2n) is 5.07. The average molecular weight is 325 g/mol. The molecule has 3 rings (SSSR count). The van der Waals surface area contributed by atoms with Crippen LogP contribution in [0.15, 0.2) is 46.2 Å². The molecule has 6 heteroatoms. The van der Waals surface area contributed by atoms with Crippen molar-refractivity contribution in [3.05, 3.63) is 57.8 Å². The van der Waals surface area contributed by atoms with Crippen molar-refractivity contribution in [2.45, 2.75) is 13.8 Å². The molecule has 3 aromatic rings. The standard InChI is InChI=1S/C17H15N3O2S/c1-11-5-6-12(2)14(10-11)16-19-20-17(22-16)18-15(21)8-7-13-4-3-9-23-13/h3-10H,1-2H3,(H,18,20,21). The van der Waals surface area contributed by atoms with E-state index in [0.717, 1.165) is 21.6 Å². The summed E-state index contributed by atoms with van der Waals surface area (Å²) in [5.41, 5.74) is 3.01. The van der Waals surface area contributed by atoms with Crippen molar-refractivity contribution < 1.29 is 9.21 Å². The quantitative estimate of drug-likeness (QED) is 0.734. The number of aromatic nitrogens is 2. The number of rotatable bonds is 4. The predicted octanol–water partition coefficient (Wildman–Crippen LogP) is 4.07. The second-order valence-corrected chi connectivity index (χ2v) is 6.05. The van der Waals surface area contributed by atoms with Gasteiger partial charge in [0.15, 0.2) is 0 Å². The zero-order valence-corrected chi connectivity index (χ0v) is 13.6. The molecule has 0 saturated carbocycles. The molecule has 0 atom stereocenters. The van der Waals surface area contributed by atoms with Crippen LogP contribution in [0.4, 0.5) is 6.01 Å². The molecule has 23 heavy (non-hydrogen) atoms. The van der Waals surface area contributed by atoms with E-state index in [1.165, 1.54) is 6.08 Å². The maximum Gasteiger partial charge on any atom is 0.322 e. The zero-order chi connectivity index (χ0) is 16.2. The molecule has 1 N–H and O–H groups in total. The first-order valence-corrected chi connectivity index (χ1v) is 7.93. The Labute approximate surface area is 137 Å². The number of amides is 1. The summed E-state index contributed by atoms with van der Waals surface area (Å²) < 4.78 is 5.53. The number of nitrogens with zero attached hydrogens (tertiary/aromatic N) is 2. The Kier molecular flexibility index (Phi) is 4.34. The minimum Gasteiger partial charge on any atom is -0.403 e. The van der Waals surface area contributed by atoms with Gasteiger partial charge >= 0.3 is 6.01 Å². The van der Waals surface area contributed by atoms with Crippen molar-refractivity contribution in [3.63, 3.8) is 0 Å². The molecule has 5 nitrogen and oxygen atoms in total. The summed E-state index contributed by atoms with van der Waals surface area (Å²) in [5.74, 6) is 0.0818. The van der Waals surface area contributed by atoms with Crippen LogP contribution in [0.5, 0.6) is 0 Å². The van der Waals surface area contributed by atoms with Crippen LogP contribution in [0.3, 0.4) is 0 Å². The molecule has 1 amide bonds. The van der Waals surface area contributed by atoms with Gasteiger partial charge in [-0.15, -0.1) is 16.4 Å². The van der Waals surface area contributed by atoms with Gasteiger partial charge in [-0.25, -0.2) is 0 Å². The first-order valence-electron chi connectivity index (χ1n) is 7.05. The molecule has 0 spiro atoms. The van der Waals surface area contributed by atoms with Gasteiger partial charge in [-0.1, -0.05) is 28.9 Å².